The third-order valence-corrected chi connectivity index (χ3v) is 10.8. The molecule has 0 spiro atoms. The van der Waals surface area contributed by atoms with Crippen molar-refractivity contribution >= 4 is 65.7 Å². The van der Waals surface area contributed by atoms with Crippen molar-refractivity contribution in [2.24, 2.45) is 0 Å². The summed E-state index contributed by atoms with van der Waals surface area (Å²) in [5, 5.41) is 7.09. The zero-order valence-corrected chi connectivity index (χ0v) is 26.5. The van der Waals surface area contributed by atoms with Gasteiger partial charge in [-0.3, -0.25) is 0 Å². The lowest BCUT2D eigenvalue weighted by Crippen LogP contribution is -2.15. The molecule has 0 radical (unpaired) electrons. The van der Waals surface area contributed by atoms with Gasteiger partial charge in [-0.05, 0) is 70.3 Å². The van der Waals surface area contributed by atoms with Crippen LogP contribution < -0.4 is 0 Å². The van der Waals surface area contributed by atoms with Gasteiger partial charge in [0.15, 0.2) is 0 Å². The Bertz CT molecular complexity index is 2980. The quantitative estimate of drug-likeness (QED) is 0.194. The van der Waals surface area contributed by atoms with Crippen LogP contribution in [0.25, 0.3) is 93.6 Å². The Labute approximate surface area is 276 Å². The lowest BCUT2D eigenvalue weighted by Gasteiger charge is -2.23. The Morgan fingerprint density at radius 2 is 1.10 bits per heavy atom. The molecule has 226 valence electrons. The lowest BCUT2D eigenvalue weighted by molar-refractivity contribution is 0.659. The highest BCUT2D eigenvalue weighted by atomic mass is 16.3. The molecular formula is C45H29NO2. The van der Waals surface area contributed by atoms with E-state index < -0.39 is 0 Å². The Morgan fingerprint density at radius 1 is 0.438 bits per heavy atom. The van der Waals surface area contributed by atoms with Gasteiger partial charge in [0.05, 0.1) is 11.0 Å². The fourth-order valence-electron chi connectivity index (χ4n) is 8.47. The molecule has 0 aliphatic heterocycles. The second-order valence-electron chi connectivity index (χ2n) is 13.7. The van der Waals surface area contributed by atoms with E-state index in [0.29, 0.717) is 0 Å². The maximum Gasteiger partial charge on any atom is 0.143 e. The molecule has 10 aromatic rings. The minimum Gasteiger partial charge on any atom is -0.456 e. The van der Waals surface area contributed by atoms with Crippen LogP contribution in [0.3, 0.4) is 0 Å². The smallest absolute Gasteiger partial charge is 0.143 e. The molecule has 1 aliphatic rings. The third-order valence-electron chi connectivity index (χ3n) is 10.8. The zero-order chi connectivity index (χ0) is 31.7. The number of nitrogens with zero attached hydrogens (tertiary/aromatic N) is 1. The molecule has 1 aliphatic carbocycles. The Morgan fingerprint density at radius 3 is 1.94 bits per heavy atom. The van der Waals surface area contributed by atoms with E-state index >= 15 is 0 Å². The van der Waals surface area contributed by atoms with Crippen LogP contribution in [0.5, 0.6) is 0 Å². The topological polar surface area (TPSA) is 31.2 Å². The molecule has 0 bridgehead atoms. The summed E-state index contributed by atoms with van der Waals surface area (Å²) in [6, 6.07) is 50.3. The van der Waals surface area contributed by atoms with Crippen LogP contribution in [0, 0.1) is 0 Å². The first-order valence-corrected chi connectivity index (χ1v) is 16.6. The molecular weight excluding hydrogens is 587 g/mol. The highest BCUT2D eigenvalue weighted by Crippen LogP contribution is 2.51. The maximum atomic E-state index is 6.43. The van der Waals surface area contributed by atoms with E-state index in [1.807, 2.05) is 12.1 Å². The monoisotopic (exact) mass is 615 g/mol. The van der Waals surface area contributed by atoms with Crippen molar-refractivity contribution in [1.82, 2.24) is 4.57 Å². The number of furan rings is 2. The third kappa shape index (κ3) is 3.33. The van der Waals surface area contributed by atoms with E-state index in [0.717, 1.165) is 60.6 Å². The van der Waals surface area contributed by atoms with Gasteiger partial charge in [-0.1, -0.05) is 105 Å². The van der Waals surface area contributed by atoms with Gasteiger partial charge in [0.2, 0.25) is 0 Å². The standard InChI is InChI=1S/C45H29NO2/c1-45(2)37-22-26(28-13-9-14-34-32-11-4-8-17-42(32)48-44(28)34)18-20-29(37)30-21-19-27(23-38(30)45)46-39-15-6-3-10-31(39)35-24-36-33-12-5-7-16-41(33)47-43(36)25-40(35)46/h3-25H,1-2H3. The predicted molar refractivity (Wildman–Crippen MR) is 198 cm³/mol. The Kier molecular flexibility index (Phi) is 4.91. The number of benzene rings is 7. The molecule has 3 aromatic heterocycles. The summed E-state index contributed by atoms with van der Waals surface area (Å²) < 4.78 is 15.2. The average Bonchev–Trinajstić information content (AvgIpc) is 3.84. The van der Waals surface area contributed by atoms with Crippen molar-refractivity contribution < 1.29 is 8.83 Å². The van der Waals surface area contributed by atoms with Crippen LogP contribution in [0.1, 0.15) is 25.0 Å². The van der Waals surface area contributed by atoms with E-state index in [-0.39, 0.29) is 5.41 Å². The predicted octanol–water partition coefficient (Wildman–Crippen LogP) is 12.6. The molecule has 0 saturated carbocycles. The van der Waals surface area contributed by atoms with Crippen LogP contribution in [-0.4, -0.2) is 4.57 Å². The number of hydrogen-bond acceptors (Lipinski definition) is 2. The van der Waals surface area contributed by atoms with Gasteiger partial charge in [0.1, 0.15) is 22.3 Å². The number of para-hydroxylation sites is 4. The molecule has 0 fully saturated rings. The maximum absolute atomic E-state index is 6.43. The molecule has 7 aromatic carbocycles. The summed E-state index contributed by atoms with van der Waals surface area (Å²) >= 11 is 0. The van der Waals surface area contributed by atoms with Crippen LogP contribution in [-0.2, 0) is 5.41 Å². The summed E-state index contributed by atoms with van der Waals surface area (Å²) in [4.78, 5) is 0. The highest BCUT2D eigenvalue weighted by Gasteiger charge is 2.36. The van der Waals surface area contributed by atoms with Gasteiger partial charge >= 0.3 is 0 Å². The molecule has 3 heteroatoms. The van der Waals surface area contributed by atoms with Gasteiger partial charge in [-0.2, -0.15) is 0 Å². The fraction of sp³-hybridized carbons (Fsp3) is 0.0667. The highest BCUT2D eigenvalue weighted by molar-refractivity contribution is 6.17. The van der Waals surface area contributed by atoms with E-state index in [4.69, 9.17) is 8.83 Å². The van der Waals surface area contributed by atoms with Crippen molar-refractivity contribution in [3.8, 4) is 27.9 Å². The summed E-state index contributed by atoms with van der Waals surface area (Å²) in [6.45, 7) is 4.72. The molecule has 48 heavy (non-hydrogen) atoms. The van der Waals surface area contributed by atoms with Crippen LogP contribution >= 0.6 is 0 Å². The van der Waals surface area contributed by atoms with Crippen LogP contribution in [0.4, 0.5) is 0 Å². The minimum atomic E-state index is -0.191. The van der Waals surface area contributed by atoms with E-state index in [2.05, 4.69) is 146 Å². The van der Waals surface area contributed by atoms with Crippen molar-refractivity contribution in [3.05, 3.63) is 151 Å². The summed E-state index contributed by atoms with van der Waals surface area (Å²) in [5.74, 6) is 0. The molecule has 0 N–H and O–H groups in total. The molecule has 0 unspecified atom stereocenters. The molecule has 3 nitrogen and oxygen atoms in total. The molecule has 0 saturated heterocycles. The van der Waals surface area contributed by atoms with Gasteiger partial charge in [0, 0.05) is 55.0 Å². The Balaban J connectivity index is 1.09. The largest absolute Gasteiger partial charge is 0.456 e. The van der Waals surface area contributed by atoms with E-state index in [1.54, 1.807) is 0 Å². The SMILES string of the molecule is CC1(C)c2cc(-c3cccc4c3oc3ccccc34)ccc2-c2ccc(-n3c4ccccc4c4cc5c(cc43)oc3ccccc35)cc21. The Hall–Kier alpha value is -6.06. The first kappa shape index (κ1) is 26.1. The molecule has 0 atom stereocenters. The molecule has 11 rings (SSSR count). The van der Waals surface area contributed by atoms with Crippen molar-refractivity contribution in [3.63, 3.8) is 0 Å². The first-order valence-electron chi connectivity index (χ1n) is 16.6. The normalized spacial score (nSPS) is 13.8. The molecule has 3 heterocycles. The van der Waals surface area contributed by atoms with Gasteiger partial charge < -0.3 is 13.4 Å². The fourth-order valence-corrected chi connectivity index (χ4v) is 8.47. The number of hydrogen-bond donors (Lipinski definition) is 0. The van der Waals surface area contributed by atoms with Gasteiger partial charge in [-0.15, -0.1) is 0 Å². The number of fused-ring (bicyclic) bond motifs is 12. The van der Waals surface area contributed by atoms with Crippen molar-refractivity contribution in [2.75, 3.05) is 0 Å². The zero-order valence-electron chi connectivity index (χ0n) is 26.5. The van der Waals surface area contributed by atoms with E-state index in [9.17, 15) is 0 Å². The first-order chi connectivity index (χ1) is 23.5. The van der Waals surface area contributed by atoms with E-state index in [1.165, 1.54) is 44.1 Å². The van der Waals surface area contributed by atoms with Crippen molar-refractivity contribution in [1.29, 1.82) is 0 Å². The number of rotatable bonds is 2. The number of aromatic nitrogens is 1. The average molecular weight is 616 g/mol. The van der Waals surface area contributed by atoms with Gasteiger partial charge in [-0.25, -0.2) is 0 Å². The lowest BCUT2D eigenvalue weighted by atomic mass is 9.81. The second-order valence-corrected chi connectivity index (χ2v) is 13.7. The minimum absolute atomic E-state index is 0.191. The van der Waals surface area contributed by atoms with Crippen molar-refractivity contribution in [2.45, 2.75) is 19.3 Å². The van der Waals surface area contributed by atoms with Crippen LogP contribution in [0.15, 0.2) is 148 Å². The van der Waals surface area contributed by atoms with Gasteiger partial charge in [0.25, 0.3) is 0 Å². The molecule has 0 amide bonds. The summed E-state index contributed by atoms with van der Waals surface area (Å²) in [5.41, 5.74) is 14.6. The summed E-state index contributed by atoms with van der Waals surface area (Å²) in [6.07, 6.45) is 0. The second kappa shape index (κ2) is 9.05. The van der Waals surface area contributed by atoms with Crippen LogP contribution in [0.2, 0.25) is 0 Å². The summed E-state index contributed by atoms with van der Waals surface area (Å²) in [7, 11) is 0.